The van der Waals surface area contributed by atoms with Gasteiger partial charge in [0.15, 0.2) is 11.1 Å². The molecule has 0 unspecified atom stereocenters. The van der Waals surface area contributed by atoms with Crippen LogP contribution < -0.4 is 15.5 Å². The van der Waals surface area contributed by atoms with Crippen molar-refractivity contribution >= 4 is 22.4 Å². The van der Waals surface area contributed by atoms with Gasteiger partial charge < -0.3 is 15.5 Å². The molecular formula is C14H25N5S. The van der Waals surface area contributed by atoms with Gasteiger partial charge in [-0.1, -0.05) is 12.8 Å². The lowest BCUT2D eigenvalue weighted by molar-refractivity contribution is 0.685. The van der Waals surface area contributed by atoms with E-state index in [9.17, 15) is 0 Å². The minimum Gasteiger partial charge on any atom is -0.357 e. The zero-order valence-corrected chi connectivity index (χ0v) is 13.5. The Morgan fingerprint density at radius 2 is 2.25 bits per heavy atom. The first kappa shape index (κ1) is 15.1. The van der Waals surface area contributed by atoms with E-state index in [2.05, 4.69) is 32.9 Å². The van der Waals surface area contributed by atoms with Crippen molar-refractivity contribution in [3.05, 3.63) is 11.1 Å². The third-order valence-corrected chi connectivity index (χ3v) is 4.26. The Bertz CT molecular complexity index is 437. The maximum atomic E-state index is 4.59. The molecule has 0 aromatic carbocycles. The molecule has 6 heteroatoms. The van der Waals surface area contributed by atoms with Crippen LogP contribution in [0.1, 0.15) is 31.9 Å². The third kappa shape index (κ3) is 5.00. The summed E-state index contributed by atoms with van der Waals surface area (Å²) >= 11 is 1.66. The summed E-state index contributed by atoms with van der Waals surface area (Å²) in [5.74, 6) is 1.85. The monoisotopic (exact) mass is 295 g/mol. The molecule has 0 amide bonds. The molecule has 1 aromatic rings. The average molecular weight is 295 g/mol. The van der Waals surface area contributed by atoms with Crippen LogP contribution >= 0.6 is 11.3 Å². The fourth-order valence-corrected chi connectivity index (χ4v) is 2.63. The molecule has 112 valence electrons. The molecule has 5 nitrogen and oxygen atoms in total. The zero-order chi connectivity index (χ0) is 14.4. The summed E-state index contributed by atoms with van der Waals surface area (Å²) < 4.78 is 0. The van der Waals surface area contributed by atoms with Gasteiger partial charge in [-0.3, -0.25) is 0 Å². The van der Waals surface area contributed by atoms with E-state index < -0.39 is 0 Å². The molecular weight excluding hydrogens is 270 g/mol. The van der Waals surface area contributed by atoms with Gasteiger partial charge in [-0.05, 0) is 19.3 Å². The fraction of sp³-hybridized carbons (Fsp3) is 0.714. The van der Waals surface area contributed by atoms with E-state index in [1.807, 2.05) is 19.0 Å². The quantitative estimate of drug-likeness (QED) is 0.597. The fourth-order valence-electron chi connectivity index (χ4n) is 1.88. The number of thiazole rings is 1. The number of hydrogen-bond donors (Lipinski definition) is 2. The number of rotatable bonds is 7. The van der Waals surface area contributed by atoms with Crippen molar-refractivity contribution in [1.82, 2.24) is 15.6 Å². The lowest BCUT2D eigenvalue weighted by atomic mass is 10.3. The molecule has 0 radical (unpaired) electrons. The van der Waals surface area contributed by atoms with Crippen LogP contribution in [0.15, 0.2) is 10.4 Å². The van der Waals surface area contributed by atoms with Gasteiger partial charge in [-0.25, -0.2) is 9.98 Å². The summed E-state index contributed by atoms with van der Waals surface area (Å²) in [7, 11) is 4.02. The molecule has 0 spiro atoms. The lowest BCUT2D eigenvalue weighted by Gasteiger charge is -2.10. The van der Waals surface area contributed by atoms with Crippen molar-refractivity contribution in [1.29, 1.82) is 0 Å². The van der Waals surface area contributed by atoms with Gasteiger partial charge >= 0.3 is 0 Å². The number of nitrogens with one attached hydrogen (secondary N) is 2. The second kappa shape index (κ2) is 7.47. The van der Waals surface area contributed by atoms with Crippen molar-refractivity contribution < 1.29 is 0 Å². The minimum absolute atomic E-state index is 0.628. The van der Waals surface area contributed by atoms with Crippen LogP contribution in [-0.2, 0) is 6.54 Å². The van der Waals surface area contributed by atoms with Gasteiger partial charge in [0.2, 0.25) is 0 Å². The number of anilines is 1. The molecule has 1 heterocycles. The van der Waals surface area contributed by atoms with Crippen molar-refractivity contribution in [3.63, 3.8) is 0 Å². The molecule has 1 saturated carbocycles. The summed E-state index contributed by atoms with van der Waals surface area (Å²) in [5.41, 5.74) is 1.03. The molecule has 0 bridgehead atoms. The summed E-state index contributed by atoms with van der Waals surface area (Å²) in [4.78, 5) is 11.2. The molecule has 20 heavy (non-hydrogen) atoms. The summed E-state index contributed by atoms with van der Waals surface area (Å²) in [5, 5.41) is 9.78. The van der Waals surface area contributed by atoms with E-state index in [0.29, 0.717) is 6.54 Å². The van der Waals surface area contributed by atoms with Crippen LogP contribution in [-0.4, -0.2) is 38.1 Å². The van der Waals surface area contributed by atoms with Crippen molar-refractivity contribution in [2.45, 2.75) is 32.7 Å². The highest BCUT2D eigenvalue weighted by atomic mass is 32.1. The molecule has 1 aromatic heterocycles. The highest BCUT2D eigenvalue weighted by Crippen LogP contribution is 2.31. The van der Waals surface area contributed by atoms with Crippen molar-refractivity contribution in [2.75, 3.05) is 32.1 Å². The lowest BCUT2D eigenvalue weighted by Crippen LogP contribution is -2.37. The second-order valence-corrected chi connectivity index (χ2v) is 6.21. The minimum atomic E-state index is 0.628. The van der Waals surface area contributed by atoms with Crippen molar-refractivity contribution in [2.24, 2.45) is 10.9 Å². The van der Waals surface area contributed by atoms with Crippen LogP contribution in [0.3, 0.4) is 0 Å². The van der Waals surface area contributed by atoms with Crippen LogP contribution in [0.5, 0.6) is 0 Å². The molecule has 1 aliphatic rings. The molecule has 2 rings (SSSR count). The van der Waals surface area contributed by atoms with Gasteiger partial charge in [0.1, 0.15) is 0 Å². The van der Waals surface area contributed by atoms with Crippen LogP contribution in [0.4, 0.5) is 5.13 Å². The van der Waals surface area contributed by atoms with E-state index in [-0.39, 0.29) is 0 Å². The summed E-state index contributed by atoms with van der Waals surface area (Å²) in [6, 6.07) is 0. The van der Waals surface area contributed by atoms with E-state index in [1.165, 1.54) is 19.3 Å². The van der Waals surface area contributed by atoms with Crippen LogP contribution in [0, 0.1) is 5.92 Å². The van der Waals surface area contributed by atoms with E-state index in [4.69, 9.17) is 0 Å². The maximum absolute atomic E-state index is 4.59. The van der Waals surface area contributed by atoms with E-state index in [0.717, 1.165) is 35.8 Å². The Labute approximate surface area is 125 Å². The zero-order valence-electron chi connectivity index (χ0n) is 12.6. The molecule has 1 aliphatic carbocycles. The standard InChI is InChI=1S/C14H25N5S/c1-4-15-13(16-8-7-11-5-6-11)17-9-12-10-20-14(18-12)19(2)3/h10-11H,4-9H2,1-3H3,(H2,15,16,17). The van der Waals surface area contributed by atoms with Crippen LogP contribution in [0.2, 0.25) is 0 Å². The van der Waals surface area contributed by atoms with Gasteiger partial charge in [0.25, 0.3) is 0 Å². The highest BCUT2D eigenvalue weighted by molar-refractivity contribution is 7.13. The van der Waals surface area contributed by atoms with E-state index in [1.54, 1.807) is 11.3 Å². The second-order valence-electron chi connectivity index (χ2n) is 5.37. The number of aliphatic imine (C=N–C) groups is 1. The average Bonchev–Trinajstić information content (AvgIpc) is 3.11. The number of aromatic nitrogens is 1. The summed E-state index contributed by atoms with van der Waals surface area (Å²) in [6.45, 7) is 4.61. The van der Waals surface area contributed by atoms with Gasteiger partial charge in [-0.15, -0.1) is 11.3 Å². The first-order valence-electron chi connectivity index (χ1n) is 7.33. The normalized spacial score (nSPS) is 15.2. The first-order valence-corrected chi connectivity index (χ1v) is 8.21. The summed E-state index contributed by atoms with van der Waals surface area (Å²) in [6.07, 6.45) is 4.06. The molecule has 0 atom stereocenters. The smallest absolute Gasteiger partial charge is 0.191 e. The molecule has 1 fully saturated rings. The topological polar surface area (TPSA) is 52.6 Å². The first-order chi connectivity index (χ1) is 9.69. The largest absolute Gasteiger partial charge is 0.357 e. The Kier molecular flexibility index (Phi) is 5.64. The SMILES string of the molecule is CCNC(=NCc1csc(N(C)C)n1)NCCC1CC1. The van der Waals surface area contributed by atoms with E-state index >= 15 is 0 Å². The third-order valence-electron chi connectivity index (χ3n) is 3.21. The predicted octanol–water partition coefficient (Wildman–Crippen LogP) is 2.06. The van der Waals surface area contributed by atoms with Gasteiger partial charge in [0.05, 0.1) is 12.2 Å². The number of nitrogens with zero attached hydrogens (tertiary/aromatic N) is 3. The maximum Gasteiger partial charge on any atom is 0.191 e. The molecule has 0 saturated heterocycles. The molecule has 2 N–H and O–H groups in total. The Morgan fingerprint density at radius 3 is 2.85 bits per heavy atom. The Morgan fingerprint density at radius 1 is 1.45 bits per heavy atom. The Hall–Kier alpha value is -1.30. The molecule has 0 aliphatic heterocycles. The van der Waals surface area contributed by atoms with Crippen molar-refractivity contribution in [3.8, 4) is 0 Å². The number of hydrogen-bond acceptors (Lipinski definition) is 4. The number of guanidine groups is 1. The van der Waals surface area contributed by atoms with Crippen LogP contribution in [0.25, 0.3) is 0 Å². The Balaban J connectivity index is 1.82. The van der Waals surface area contributed by atoms with Gasteiger partial charge in [0, 0.05) is 32.6 Å². The predicted molar refractivity (Wildman–Crippen MR) is 86.6 cm³/mol. The van der Waals surface area contributed by atoms with Gasteiger partial charge in [-0.2, -0.15) is 0 Å². The highest BCUT2D eigenvalue weighted by Gasteiger charge is 2.20.